The number of benzene rings is 1. The van der Waals surface area contributed by atoms with Gasteiger partial charge in [-0.2, -0.15) is 12.6 Å². The van der Waals surface area contributed by atoms with Gasteiger partial charge in [-0.25, -0.2) is 0 Å². The molecule has 0 spiro atoms. The average Bonchev–Trinajstić information content (AvgIpc) is 2.09. The lowest BCUT2D eigenvalue weighted by atomic mass is 10.2. The third-order valence-electron chi connectivity index (χ3n) is 1.45. The summed E-state index contributed by atoms with van der Waals surface area (Å²) in [5.41, 5.74) is 1.18. The van der Waals surface area contributed by atoms with Crippen LogP contribution in [0.15, 0.2) is 28.7 Å². The molecule has 0 fully saturated rings. The molecule has 0 atom stereocenters. The van der Waals surface area contributed by atoms with Crippen molar-refractivity contribution in [2.75, 3.05) is 12.4 Å². The van der Waals surface area contributed by atoms with Crippen LogP contribution in [0, 0.1) is 0 Å². The zero-order valence-corrected chi connectivity index (χ0v) is 9.14. The Balaban J connectivity index is 2.46. The first-order valence-electron chi connectivity index (χ1n) is 3.76. The van der Waals surface area contributed by atoms with Crippen LogP contribution in [0.4, 0.5) is 0 Å². The molecule has 0 saturated heterocycles. The van der Waals surface area contributed by atoms with Crippen molar-refractivity contribution >= 4 is 28.6 Å². The number of halogens is 1. The minimum atomic E-state index is 0.655. The fourth-order valence-corrected chi connectivity index (χ4v) is 1.39. The predicted octanol–water partition coefficient (Wildman–Crippen LogP) is 2.90. The number of hydrogen-bond acceptors (Lipinski definition) is 2. The zero-order chi connectivity index (χ0) is 8.81. The largest absolute Gasteiger partial charge is 0.376 e. The topological polar surface area (TPSA) is 9.23 Å². The van der Waals surface area contributed by atoms with E-state index in [1.54, 1.807) is 0 Å². The predicted molar refractivity (Wildman–Crippen MR) is 57.7 cm³/mol. The summed E-state index contributed by atoms with van der Waals surface area (Å²) in [5.74, 6) is 0.768. The van der Waals surface area contributed by atoms with Gasteiger partial charge >= 0.3 is 0 Å². The Morgan fingerprint density at radius 2 is 2.08 bits per heavy atom. The van der Waals surface area contributed by atoms with Crippen molar-refractivity contribution in [3.63, 3.8) is 0 Å². The average molecular weight is 247 g/mol. The maximum absolute atomic E-state index is 5.34. The van der Waals surface area contributed by atoms with Crippen LogP contribution >= 0.6 is 28.6 Å². The second-order valence-electron chi connectivity index (χ2n) is 2.37. The molecular formula is C9H11BrOS. The smallest absolute Gasteiger partial charge is 0.0728 e. The van der Waals surface area contributed by atoms with Crippen LogP contribution < -0.4 is 0 Å². The van der Waals surface area contributed by atoms with Gasteiger partial charge in [0.2, 0.25) is 0 Å². The fraction of sp³-hybridized carbons (Fsp3) is 0.333. The summed E-state index contributed by atoms with van der Waals surface area (Å²) in [6, 6.07) is 8.05. The van der Waals surface area contributed by atoms with E-state index in [0.717, 1.165) is 10.2 Å². The van der Waals surface area contributed by atoms with Gasteiger partial charge in [0.25, 0.3) is 0 Å². The number of ether oxygens (including phenoxy) is 1. The molecule has 1 aromatic carbocycles. The van der Waals surface area contributed by atoms with Crippen LogP contribution in [0.3, 0.4) is 0 Å². The maximum atomic E-state index is 5.34. The molecule has 66 valence electrons. The Kier molecular flexibility index (Phi) is 4.73. The molecule has 1 nitrogen and oxygen atoms in total. The minimum absolute atomic E-state index is 0.655. The van der Waals surface area contributed by atoms with Crippen molar-refractivity contribution in [3.8, 4) is 0 Å². The van der Waals surface area contributed by atoms with Crippen LogP contribution in [0.1, 0.15) is 5.56 Å². The van der Waals surface area contributed by atoms with Gasteiger partial charge in [-0.3, -0.25) is 0 Å². The first-order chi connectivity index (χ1) is 5.84. The van der Waals surface area contributed by atoms with E-state index in [4.69, 9.17) is 4.74 Å². The van der Waals surface area contributed by atoms with Crippen molar-refractivity contribution in [1.82, 2.24) is 0 Å². The van der Waals surface area contributed by atoms with Crippen LogP contribution in [-0.4, -0.2) is 12.4 Å². The van der Waals surface area contributed by atoms with Gasteiger partial charge < -0.3 is 4.74 Å². The van der Waals surface area contributed by atoms with E-state index in [1.165, 1.54) is 5.56 Å². The molecule has 0 aliphatic rings. The van der Waals surface area contributed by atoms with Crippen LogP contribution in [-0.2, 0) is 11.3 Å². The molecule has 12 heavy (non-hydrogen) atoms. The summed E-state index contributed by atoms with van der Waals surface area (Å²) in [6.07, 6.45) is 0. The Hall–Kier alpha value is 0.01000. The highest BCUT2D eigenvalue weighted by atomic mass is 79.9. The van der Waals surface area contributed by atoms with Crippen molar-refractivity contribution in [2.24, 2.45) is 0 Å². The van der Waals surface area contributed by atoms with E-state index in [0.29, 0.717) is 13.2 Å². The van der Waals surface area contributed by atoms with Gasteiger partial charge in [0.15, 0.2) is 0 Å². The minimum Gasteiger partial charge on any atom is -0.376 e. The molecule has 0 aliphatic carbocycles. The quantitative estimate of drug-likeness (QED) is 0.635. The fourth-order valence-electron chi connectivity index (χ4n) is 0.862. The monoisotopic (exact) mass is 246 g/mol. The molecule has 3 heteroatoms. The second kappa shape index (κ2) is 5.62. The van der Waals surface area contributed by atoms with Gasteiger partial charge in [-0.15, -0.1) is 0 Å². The highest BCUT2D eigenvalue weighted by molar-refractivity contribution is 9.10. The van der Waals surface area contributed by atoms with Crippen molar-refractivity contribution in [3.05, 3.63) is 34.3 Å². The maximum Gasteiger partial charge on any atom is 0.0728 e. The Labute approximate surface area is 86.7 Å². The summed E-state index contributed by atoms with van der Waals surface area (Å²) in [7, 11) is 0. The van der Waals surface area contributed by atoms with Crippen molar-refractivity contribution in [2.45, 2.75) is 6.61 Å². The molecular weight excluding hydrogens is 236 g/mol. The summed E-state index contributed by atoms with van der Waals surface area (Å²) < 4.78 is 6.44. The van der Waals surface area contributed by atoms with E-state index in [1.807, 2.05) is 24.3 Å². The van der Waals surface area contributed by atoms with E-state index in [-0.39, 0.29) is 0 Å². The number of thiol groups is 1. The molecule has 1 rings (SSSR count). The van der Waals surface area contributed by atoms with Crippen molar-refractivity contribution in [1.29, 1.82) is 0 Å². The first kappa shape index (κ1) is 10.1. The van der Waals surface area contributed by atoms with Crippen LogP contribution in [0.5, 0.6) is 0 Å². The van der Waals surface area contributed by atoms with Gasteiger partial charge in [-0.1, -0.05) is 34.1 Å². The molecule has 0 bridgehead atoms. The van der Waals surface area contributed by atoms with E-state index in [2.05, 4.69) is 28.6 Å². The standard InChI is InChI=1S/C9H11BrOS/c10-9-4-2-1-3-8(9)7-11-5-6-12/h1-4,12H,5-7H2. The third kappa shape index (κ3) is 3.17. The van der Waals surface area contributed by atoms with Gasteiger partial charge in [0.1, 0.15) is 0 Å². The summed E-state index contributed by atoms with van der Waals surface area (Å²) in [6.45, 7) is 1.35. The molecule has 0 amide bonds. The first-order valence-corrected chi connectivity index (χ1v) is 5.19. The van der Waals surface area contributed by atoms with Crippen LogP contribution in [0.25, 0.3) is 0 Å². The van der Waals surface area contributed by atoms with Gasteiger partial charge in [-0.05, 0) is 11.6 Å². The van der Waals surface area contributed by atoms with Crippen molar-refractivity contribution < 1.29 is 4.74 Å². The normalized spacial score (nSPS) is 10.2. The highest BCUT2D eigenvalue weighted by Crippen LogP contribution is 2.16. The third-order valence-corrected chi connectivity index (χ3v) is 2.41. The van der Waals surface area contributed by atoms with Gasteiger partial charge in [0, 0.05) is 10.2 Å². The summed E-state index contributed by atoms with van der Waals surface area (Å²) >= 11 is 7.51. The molecule has 0 aliphatic heterocycles. The molecule has 0 radical (unpaired) electrons. The number of rotatable bonds is 4. The molecule has 0 unspecified atom stereocenters. The molecule has 1 aromatic rings. The lowest BCUT2D eigenvalue weighted by Crippen LogP contribution is -1.96. The Bertz CT molecular complexity index is 240. The lowest BCUT2D eigenvalue weighted by molar-refractivity contribution is 0.136. The number of hydrogen-bond donors (Lipinski definition) is 1. The van der Waals surface area contributed by atoms with E-state index >= 15 is 0 Å². The summed E-state index contributed by atoms with van der Waals surface area (Å²) in [4.78, 5) is 0. The van der Waals surface area contributed by atoms with E-state index < -0.39 is 0 Å². The zero-order valence-electron chi connectivity index (χ0n) is 6.66. The molecule has 0 heterocycles. The Morgan fingerprint density at radius 1 is 1.33 bits per heavy atom. The molecule has 0 N–H and O–H groups in total. The molecule has 0 saturated carbocycles. The van der Waals surface area contributed by atoms with Gasteiger partial charge in [0.05, 0.1) is 13.2 Å². The van der Waals surface area contributed by atoms with Crippen LogP contribution in [0.2, 0.25) is 0 Å². The lowest BCUT2D eigenvalue weighted by Gasteiger charge is -2.03. The Morgan fingerprint density at radius 3 is 2.75 bits per heavy atom. The summed E-state index contributed by atoms with van der Waals surface area (Å²) in [5, 5.41) is 0. The van der Waals surface area contributed by atoms with E-state index in [9.17, 15) is 0 Å². The SMILES string of the molecule is SCCOCc1ccccc1Br. The molecule has 0 aromatic heterocycles. The second-order valence-corrected chi connectivity index (χ2v) is 3.67. The highest BCUT2D eigenvalue weighted by Gasteiger charge is 1.96.